The van der Waals surface area contributed by atoms with Crippen molar-refractivity contribution in [2.24, 2.45) is 7.05 Å². The molecule has 0 radical (unpaired) electrons. The predicted molar refractivity (Wildman–Crippen MR) is 102 cm³/mol. The fraction of sp³-hybridized carbons (Fsp3) is 0.421. The highest BCUT2D eigenvalue weighted by molar-refractivity contribution is 6.30. The minimum atomic E-state index is 0.333. The monoisotopic (exact) mass is 373 g/mol. The summed E-state index contributed by atoms with van der Waals surface area (Å²) in [5.41, 5.74) is 4.38. The number of halogens is 1. The van der Waals surface area contributed by atoms with Crippen LogP contribution in [0.15, 0.2) is 28.8 Å². The van der Waals surface area contributed by atoms with Crippen LogP contribution >= 0.6 is 11.6 Å². The Morgan fingerprint density at radius 3 is 2.42 bits per heavy atom. The molecule has 0 amide bonds. The highest BCUT2D eigenvalue weighted by atomic mass is 35.5. The van der Waals surface area contributed by atoms with Crippen LogP contribution in [-0.2, 0) is 20.1 Å². The summed E-state index contributed by atoms with van der Waals surface area (Å²) < 4.78 is 7.40. The van der Waals surface area contributed by atoms with E-state index >= 15 is 0 Å². The maximum atomic E-state index is 5.93. The normalized spacial score (nSPS) is 11.7. The summed E-state index contributed by atoms with van der Waals surface area (Å²) in [5, 5.41) is 9.30. The van der Waals surface area contributed by atoms with Crippen LogP contribution in [0, 0.1) is 13.8 Å². The quantitative estimate of drug-likeness (QED) is 0.649. The van der Waals surface area contributed by atoms with Crippen molar-refractivity contribution in [1.82, 2.24) is 24.8 Å². The minimum Gasteiger partial charge on any atom is -0.338 e. The Morgan fingerprint density at radius 2 is 1.85 bits per heavy atom. The van der Waals surface area contributed by atoms with Gasteiger partial charge < -0.3 is 4.52 Å². The summed E-state index contributed by atoms with van der Waals surface area (Å²) in [6.07, 6.45) is 0. The van der Waals surface area contributed by atoms with Gasteiger partial charge in [0, 0.05) is 41.5 Å². The van der Waals surface area contributed by atoms with Crippen LogP contribution in [0.1, 0.15) is 36.7 Å². The maximum Gasteiger partial charge on any atom is 0.241 e. The summed E-state index contributed by atoms with van der Waals surface area (Å²) in [5.74, 6) is 1.18. The molecule has 0 saturated heterocycles. The van der Waals surface area contributed by atoms with Gasteiger partial charge >= 0.3 is 0 Å². The number of hydrogen-bond acceptors (Lipinski definition) is 5. The molecule has 138 valence electrons. The van der Waals surface area contributed by atoms with Gasteiger partial charge in [-0.15, -0.1) is 0 Å². The van der Waals surface area contributed by atoms with Gasteiger partial charge in [-0.1, -0.05) is 16.8 Å². The van der Waals surface area contributed by atoms with E-state index in [1.165, 1.54) is 11.3 Å². The summed E-state index contributed by atoms with van der Waals surface area (Å²) in [6.45, 7) is 9.86. The van der Waals surface area contributed by atoms with Gasteiger partial charge in [-0.05, 0) is 52.0 Å². The number of nitrogens with zero attached hydrogens (tertiary/aromatic N) is 5. The lowest BCUT2D eigenvalue weighted by atomic mass is 10.1. The van der Waals surface area contributed by atoms with E-state index in [1.54, 1.807) is 0 Å². The highest BCUT2D eigenvalue weighted by Crippen LogP contribution is 2.21. The van der Waals surface area contributed by atoms with Crippen LogP contribution in [0.5, 0.6) is 0 Å². The smallest absolute Gasteiger partial charge is 0.241 e. The molecule has 0 spiro atoms. The second-order valence-electron chi connectivity index (χ2n) is 6.79. The van der Waals surface area contributed by atoms with Gasteiger partial charge in [0.25, 0.3) is 0 Å². The van der Waals surface area contributed by atoms with E-state index in [0.717, 1.165) is 17.8 Å². The fourth-order valence-corrected chi connectivity index (χ4v) is 3.01. The lowest BCUT2D eigenvalue weighted by molar-refractivity contribution is 0.176. The zero-order valence-electron chi connectivity index (χ0n) is 15.8. The topological polar surface area (TPSA) is 60.0 Å². The molecule has 0 aliphatic carbocycles. The molecule has 6 nitrogen and oxygen atoms in total. The van der Waals surface area contributed by atoms with Crippen LogP contribution in [-0.4, -0.2) is 30.9 Å². The fourth-order valence-electron chi connectivity index (χ4n) is 2.88. The zero-order chi connectivity index (χ0) is 18.8. The third-order valence-corrected chi connectivity index (χ3v) is 4.91. The molecule has 2 aromatic heterocycles. The molecule has 0 atom stereocenters. The first-order valence-electron chi connectivity index (χ1n) is 8.66. The Labute approximate surface area is 158 Å². The molecule has 0 bridgehead atoms. The molecule has 0 N–H and O–H groups in total. The van der Waals surface area contributed by atoms with Crippen LogP contribution in [0.25, 0.3) is 11.4 Å². The molecule has 0 saturated carbocycles. The van der Waals surface area contributed by atoms with Gasteiger partial charge in [0.1, 0.15) is 0 Å². The average Bonchev–Trinajstić information content (AvgIpc) is 3.15. The standard InChI is InChI=1S/C19H24ClN5O/c1-12(2)25(10-17-13(3)22-24(5)14(17)4)11-18-21-19(23-26-18)15-6-8-16(20)9-7-15/h6-9,12H,10-11H2,1-5H3. The van der Waals surface area contributed by atoms with E-state index in [4.69, 9.17) is 16.1 Å². The number of rotatable bonds is 6. The second-order valence-corrected chi connectivity index (χ2v) is 7.23. The van der Waals surface area contributed by atoms with Gasteiger partial charge in [0.2, 0.25) is 11.7 Å². The third kappa shape index (κ3) is 3.97. The number of aryl methyl sites for hydroxylation is 2. The van der Waals surface area contributed by atoms with E-state index in [0.29, 0.717) is 29.3 Å². The Morgan fingerprint density at radius 1 is 1.15 bits per heavy atom. The van der Waals surface area contributed by atoms with Gasteiger partial charge in [-0.3, -0.25) is 9.58 Å². The molecule has 26 heavy (non-hydrogen) atoms. The number of hydrogen-bond donors (Lipinski definition) is 0. The van der Waals surface area contributed by atoms with Gasteiger partial charge in [-0.2, -0.15) is 10.1 Å². The van der Waals surface area contributed by atoms with Crippen molar-refractivity contribution < 1.29 is 4.52 Å². The summed E-state index contributed by atoms with van der Waals surface area (Å²) in [6, 6.07) is 7.75. The first-order valence-corrected chi connectivity index (χ1v) is 9.04. The molecule has 3 rings (SSSR count). The SMILES string of the molecule is Cc1nn(C)c(C)c1CN(Cc1nc(-c2ccc(Cl)cc2)no1)C(C)C. The Bertz CT molecular complexity index is 882. The van der Waals surface area contributed by atoms with Crippen molar-refractivity contribution in [3.8, 4) is 11.4 Å². The summed E-state index contributed by atoms with van der Waals surface area (Å²) in [4.78, 5) is 6.84. The van der Waals surface area contributed by atoms with Gasteiger partial charge in [-0.25, -0.2) is 0 Å². The first-order chi connectivity index (χ1) is 12.3. The van der Waals surface area contributed by atoms with E-state index in [2.05, 4.69) is 40.9 Å². The molecular formula is C19H24ClN5O. The molecule has 7 heteroatoms. The first kappa shape index (κ1) is 18.6. The largest absolute Gasteiger partial charge is 0.338 e. The van der Waals surface area contributed by atoms with E-state index in [9.17, 15) is 0 Å². The zero-order valence-corrected chi connectivity index (χ0v) is 16.6. The lowest BCUT2D eigenvalue weighted by Crippen LogP contribution is -2.30. The Kier molecular flexibility index (Phi) is 5.44. The summed E-state index contributed by atoms with van der Waals surface area (Å²) >= 11 is 5.93. The molecule has 0 aliphatic rings. The van der Waals surface area contributed by atoms with Gasteiger partial charge in [0.05, 0.1) is 12.2 Å². The van der Waals surface area contributed by atoms with Crippen molar-refractivity contribution >= 4 is 11.6 Å². The van der Waals surface area contributed by atoms with E-state index in [1.807, 2.05) is 42.9 Å². The molecular weight excluding hydrogens is 350 g/mol. The Hall–Kier alpha value is -2.18. The van der Waals surface area contributed by atoms with Crippen LogP contribution < -0.4 is 0 Å². The average molecular weight is 374 g/mol. The number of benzene rings is 1. The molecule has 0 unspecified atom stereocenters. The highest BCUT2D eigenvalue weighted by Gasteiger charge is 2.19. The van der Waals surface area contributed by atoms with Crippen molar-refractivity contribution in [3.63, 3.8) is 0 Å². The van der Waals surface area contributed by atoms with Crippen molar-refractivity contribution in [2.75, 3.05) is 0 Å². The van der Waals surface area contributed by atoms with Gasteiger partial charge in [0.15, 0.2) is 0 Å². The van der Waals surface area contributed by atoms with E-state index < -0.39 is 0 Å². The van der Waals surface area contributed by atoms with Crippen molar-refractivity contribution in [3.05, 3.63) is 52.1 Å². The predicted octanol–water partition coefficient (Wildman–Crippen LogP) is 4.15. The maximum absolute atomic E-state index is 5.93. The molecule has 1 aromatic carbocycles. The van der Waals surface area contributed by atoms with E-state index in [-0.39, 0.29) is 0 Å². The second kappa shape index (κ2) is 7.60. The minimum absolute atomic E-state index is 0.333. The third-order valence-electron chi connectivity index (χ3n) is 4.66. The molecule has 2 heterocycles. The molecule has 3 aromatic rings. The van der Waals surface area contributed by atoms with Crippen molar-refractivity contribution in [1.29, 1.82) is 0 Å². The lowest BCUT2D eigenvalue weighted by Gasteiger charge is -2.24. The van der Waals surface area contributed by atoms with Crippen LogP contribution in [0.2, 0.25) is 5.02 Å². The van der Waals surface area contributed by atoms with Crippen molar-refractivity contribution in [2.45, 2.75) is 46.8 Å². The molecule has 0 fully saturated rings. The Balaban J connectivity index is 1.77. The molecule has 0 aliphatic heterocycles. The number of aromatic nitrogens is 4. The van der Waals surface area contributed by atoms with Crippen LogP contribution in [0.4, 0.5) is 0 Å². The van der Waals surface area contributed by atoms with Crippen LogP contribution in [0.3, 0.4) is 0 Å². The summed E-state index contributed by atoms with van der Waals surface area (Å²) in [7, 11) is 1.97.